The molecule has 4 aromatic rings. The summed E-state index contributed by atoms with van der Waals surface area (Å²) < 4.78 is 23.6. The average molecular weight is 643 g/mol. The number of hydrogen-bond acceptors (Lipinski definition) is 12. The molecule has 1 aromatic carbocycles. The quantitative estimate of drug-likeness (QED) is 0.114. The van der Waals surface area contributed by atoms with Gasteiger partial charge in [0.05, 0.1) is 41.0 Å². The number of piperidine rings is 1. The molecule has 11 nitrogen and oxygen atoms in total. The normalized spacial score (nSPS) is 14.7. The number of nitrogens with one attached hydrogen (secondary N) is 1. The first kappa shape index (κ1) is 32.0. The van der Waals surface area contributed by atoms with Gasteiger partial charge in [0.15, 0.2) is 5.13 Å². The Morgan fingerprint density at radius 3 is 2.68 bits per heavy atom. The first-order chi connectivity index (χ1) is 21.0. The Labute approximate surface area is 264 Å². The highest BCUT2D eigenvalue weighted by Gasteiger charge is 2.26. The van der Waals surface area contributed by atoms with E-state index in [-0.39, 0.29) is 35.2 Å². The van der Waals surface area contributed by atoms with Gasteiger partial charge in [-0.1, -0.05) is 32.1 Å². The van der Waals surface area contributed by atoms with E-state index in [1.54, 1.807) is 31.1 Å². The Balaban J connectivity index is 0.975. The van der Waals surface area contributed by atoms with Crippen LogP contribution in [0.1, 0.15) is 50.8 Å². The van der Waals surface area contributed by atoms with E-state index in [9.17, 15) is 14.7 Å². The molecule has 1 saturated heterocycles. The Hall–Kier alpha value is -3.39. The van der Waals surface area contributed by atoms with E-state index >= 15 is 0 Å². The number of benzene rings is 1. The smallest absolute Gasteiger partial charge is 0.336 e. The van der Waals surface area contributed by atoms with E-state index in [2.05, 4.69) is 41.0 Å². The Bertz CT molecular complexity index is 1630. The second-order valence-electron chi connectivity index (χ2n) is 11.8. The molecule has 1 aliphatic heterocycles. The van der Waals surface area contributed by atoms with Gasteiger partial charge in [0.2, 0.25) is 11.8 Å². The summed E-state index contributed by atoms with van der Waals surface area (Å²) in [5.41, 5.74) is 0.449. The summed E-state index contributed by atoms with van der Waals surface area (Å²) in [6.07, 6.45) is 5.12. The minimum absolute atomic E-state index is 0.0143. The molecule has 236 valence electrons. The number of carbonyl (C=O) groups excluding carboxylic acids is 1. The lowest BCUT2D eigenvalue weighted by Crippen LogP contribution is -2.39. The van der Waals surface area contributed by atoms with Crippen LogP contribution >= 0.6 is 23.1 Å². The van der Waals surface area contributed by atoms with E-state index in [0.29, 0.717) is 46.7 Å². The summed E-state index contributed by atoms with van der Waals surface area (Å²) >= 11 is 3.05. The van der Waals surface area contributed by atoms with Gasteiger partial charge in [-0.05, 0) is 38.4 Å². The zero-order valence-electron chi connectivity index (χ0n) is 25.4. The summed E-state index contributed by atoms with van der Waals surface area (Å²) in [7, 11) is 0. The monoisotopic (exact) mass is 642 g/mol. The van der Waals surface area contributed by atoms with Gasteiger partial charge in [-0.15, -0.1) is 11.8 Å². The first-order valence-corrected chi connectivity index (χ1v) is 16.4. The lowest BCUT2D eigenvalue weighted by molar-refractivity contribution is -0.121. The van der Waals surface area contributed by atoms with Crippen LogP contribution in [-0.2, 0) is 20.7 Å². The van der Waals surface area contributed by atoms with Crippen LogP contribution in [0.15, 0.2) is 48.4 Å². The lowest BCUT2D eigenvalue weighted by atomic mass is 9.94. The molecule has 0 saturated carbocycles. The van der Waals surface area contributed by atoms with Crippen molar-refractivity contribution in [3.63, 3.8) is 0 Å². The van der Waals surface area contributed by atoms with Crippen LogP contribution in [0.25, 0.3) is 11.0 Å². The fraction of sp³-hybridized carbons (Fsp3) is 0.484. The van der Waals surface area contributed by atoms with Crippen LogP contribution in [0.3, 0.4) is 0 Å². The fourth-order valence-electron chi connectivity index (χ4n) is 4.92. The van der Waals surface area contributed by atoms with Gasteiger partial charge in [-0.25, -0.2) is 14.8 Å². The Kier molecular flexibility index (Phi) is 10.3. The minimum atomic E-state index is -0.474. The molecule has 0 radical (unpaired) electrons. The molecule has 0 aliphatic carbocycles. The van der Waals surface area contributed by atoms with Crippen LogP contribution in [0, 0.1) is 12.8 Å². The number of carbonyl (C=O) groups is 1. The van der Waals surface area contributed by atoms with E-state index in [1.807, 2.05) is 0 Å². The third-order valence-corrected chi connectivity index (χ3v) is 9.42. The number of aromatic nitrogens is 2. The number of amides is 1. The molecule has 0 atom stereocenters. The number of ether oxygens (including phenoxy) is 2. The molecule has 0 unspecified atom stereocenters. The molecule has 0 spiro atoms. The number of phenolic OH excluding ortho intramolecular Hbond substituents is 1. The maximum absolute atomic E-state index is 12.9. The van der Waals surface area contributed by atoms with Crippen molar-refractivity contribution in [1.82, 2.24) is 14.9 Å². The van der Waals surface area contributed by atoms with E-state index in [1.165, 1.54) is 29.5 Å². The highest BCUT2D eigenvalue weighted by atomic mass is 32.2. The van der Waals surface area contributed by atoms with Crippen molar-refractivity contribution in [2.24, 2.45) is 5.92 Å². The molecule has 1 aliphatic rings. The predicted octanol–water partition coefficient (Wildman–Crippen LogP) is 5.59. The molecular formula is C31H38N4O7S2. The van der Waals surface area contributed by atoms with Gasteiger partial charge in [0.25, 0.3) is 0 Å². The molecule has 13 heteroatoms. The number of likely N-dealkylation sites (tertiary alicyclic amines) is 1. The van der Waals surface area contributed by atoms with Gasteiger partial charge in [-0.3, -0.25) is 4.79 Å². The molecular weight excluding hydrogens is 604 g/mol. The molecule has 2 N–H and O–H groups in total. The Morgan fingerprint density at radius 2 is 1.93 bits per heavy atom. The Morgan fingerprint density at radius 1 is 1.14 bits per heavy atom. The number of aromatic hydroxyl groups is 1. The number of fused-ring (bicyclic) bond motifs is 1. The van der Waals surface area contributed by atoms with Gasteiger partial charge in [0.1, 0.15) is 29.4 Å². The van der Waals surface area contributed by atoms with Gasteiger partial charge in [0, 0.05) is 36.1 Å². The molecule has 44 heavy (non-hydrogen) atoms. The van der Waals surface area contributed by atoms with Crippen molar-refractivity contribution in [2.75, 3.05) is 44.8 Å². The summed E-state index contributed by atoms with van der Waals surface area (Å²) in [5.74, 6) is 2.52. The highest BCUT2D eigenvalue weighted by molar-refractivity contribution is 8.00. The van der Waals surface area contributed by atoms with Gasteiger partial charge >= 0.3 is 5.63 Å². The topological polar surface area (TPSA) is 140 Å². The number of rotatable bonds is 12. The number of anilines is 1. The number of hydrogen-bond donors (Lipinski definition) is 2. The van der Waals surface area contributed by atoms with Crippen LogP contribution in [0.4, 0.5) is 5.13 Å². The zero-order valence-corrected chi connectivity index (χ0v) is 27.0. The van der Waals surface area contributed by atoms with Crippen molar-refractivity contribution in [3.05, 3.63) is 58.2 Å². The van der Waals surface area contributed by atoms with E-state index in [4.69, 9.17) is 18.3 Å². The maximum atomic E-state index is 12.9. The van der Waals surface area contributed by atoms with Crippen LogP contribution in [0.5, 0.6) is 11.5 Å². The first-order valence-electron chi connectivity index (χ1n) is 14.6. The zero-order chi connectivity index (χ0) is 31.3. The van der Waals surface area contributed by atoms with Crippen molar-refractivity contribution >= 4 is 45.1 Å². The standard InChI is InChI=1S/C31H38N4O7S2/c1-19-13-26(37)41-23-15-21(36)14-22(28(19)23)40-12-11-39-10-9-35-7-5-20(6-8-35)29(38)34-30-33-17-27(44-30)43-18-25-32-16-24(42-25)31(2,3)4/h13-17,20,36H,5-12,18H2,1-4H3,(H,33,34,38). The summed E-state index contributed by atoms with van der Waals surface area (Å²) in [6, 6.07) is 4.30. The van der Waals surface area contributed by atoms with Crippen LogP contribution < -0.4 is 15.7 Å². The SMILES string of the molecule is Cc1cc(=O)oc2cc(O)cc(OCCOCCN3CCC(C(=O)Nc4ncc(SCc5ncc(C(C)(C)C)o5)s4)CC3)c12. The number of phenols is 1. The number of nitrogens with zero attached hydrogens (tertiary/aromatic N) is 3. The van der Waals surface area contributed by atoms with Crippen molar-refractivity contribution in [1.29, 1.82) is 0 Å². The van der Waals surface area contributed by atoms with Crippen LogP contribution in [-0.4, -0.2) is 65.3 Å². The molecule has 3 aromatic heterocycles. The predicted molar refractivity (Wildman–Crippen MR) is 170 cm³/mol. The number of aryl methyl sites for hydroxylation is 1. The summed E-state index contributed by atoms with van der Waals surface area (Å²) in [6.45, 7) is 11.7. The van der Waals surface area contributed by atoms with Gasteiger partial charge in [-0.2, -0.15) is 0 Å². The number of thioether (sulfide) groups is 1. The molecule has 5 rings (SSSR count). The number of thiazole rings is 1. The summed E-state index contributed by atoms with van der Waals surface area (Å²) in [4.78, 5) is 35.6. The second kappa shape index (κ2) is 14.1. The van der Waals surface area contributed by atoms with Crippen molar-refractivity contribution in [2.45, 2.75) is 55.9 Å². The second-order valence-corrected chi connectivity index (χ2v) is 14.1. The summed E-state index contributed by atoms with van der Waals surface area (Å²) in [5, 5.41) is 14.2. The molecule has 0 bridgehead atoms. The lowest BCUT2D eigenvalue weighted by Gasteiger charge is -2.30. The van der Waals surface area contributed by atoms with Crippen molar-refractivity contribution in [3.8, 4) is 11.5 Å². The van der Waals surface area contributed by atoms with Crippen molar-refractivity contribution < 1.29 is 28.2 Å². The molecule has 1 amide bonds. The minimum Gasteiger partial charge on any atom is -0.508 e. The van der Waals surface area contributed by atoms with E-state index in [0.717, 1.165) is 42.4 Å². The largest absolute Gasteiger partial charge is 0.508 e. The fourth-order valence-corrected chi connectivity index (χ4v) is 6.65. The molecule has 1 fully saturated rings. The van der Waals surface area contributed by atoms with Crippen LogP contribution in [0.2, 0.25) is 0 Å². The average Bonchev–Trinajstić information content (AvgIpc) is 3.63. The maximum Gasteiger partial charge on any atom is 0.336 e. The third-order valence-electron chi connectivity index (χ3n) is 7.33. The van der Waals surface area contributed by atoms with Gasteiger partial charge < -0.3 is 33.6 Å². The number of oxazole rings is 1. The third kappa shape index (κ3) is 8.40. The van der Waals surface area contributed by atoms with E-state index < -0.39 is 5.63 Å². The highest BCUT2D eigenvalue weighted by Crippen LogP contribution is 2.33. The molecule has 4 heterocycles.